The molecule has 2 atom stereocenters. The molecule has 2 unspecified atom stereocenters. The van der Waals surface area contributed by atoms with E-state index in [1.54, 1.807) is 0 Å². The summed E-state index contributed by atoms with van der Waals surface area (Å²) in [6.07, 6.45) is 2.63. The topological polar surface area (TPSA) is 9.23 Å². The number of rotatable bonds is 3. The Morgan fingerprint density at radius 1 is 1.27 bits per heavy atom. The van der Waals surface area contributed by atoms with Crippen LogP contribution >= 0.6 is 0 Å². The molecule has 0 spiro atoms. The van der Waals surface area contributed by atoms with Crippen LogP contribution in [-0.4, -0.2) is 13.2 Å². The third-order valence-corrected chi connectivity index (χ3v) is 2.63. The lowest BCUT2D eigenvalue weighted by Gasteiger charge is -2.17. The van der Waals surface area contributed by atoms with Crippen molar-refractivity contribution in [1.82, 2.24) is 0 Å². The van der Waals surface area contributed by atoms with Crippen LogP contribution in [0.3, 0.4) is 0 Å². The minimum absolute atomic E-state index is 0.829. The summed E-state index contributed by atoms with van der Waals surface area (Å²) in [7, 11) is 0. The lowest BCUT2D eigenvalue weighted by atomic mass is 9.87. The summed E-state index contributed by atoms with van der Waals surface area (Å²) in [5.74, 6) is 2.52. The van der Waals surface area contributed by atoms with Crippen molar-refractivity contribution in [1.29, 1.82) is 0 Å². The van der Waals surface area contributed by atoms with E-state index in [1.807, 2.05) is 0 Å². The molecule has 0 bridgehead atoms. The van der Waals surface area contributed by atoms with Gasteiger partial charge in [0.05, 0.1) is 0 Å². The predicted molar refractivity (Wildman–Crippen MR) is 47.5 cm³/mol. The molecule has 0 saturated carbocycles. The third-order valence-electron chi connectivity index (χ3n) is 2.63. The van der Waals surface area contributed by atoms with E-state index >= 15 is 0 Å². The predicted octanol–water partition coefficient (Wildman–Crippen LogP) is 2.71. The zero-order valence-corrected chi connectivity index (χ0v) is 7.97. The van der Waals surface area contributed by atoms with E-state index in [0.717, 1.165) is 31.0 Å². The molecular weight excluding hydrogens is 136 g/mol. The Morgan fingerprint density at radius 3 is 2.45 bits per heavy atom. The maximum atomic E-state index is 5.46. The normalized spacial score (nSPS) is 31.6. The standard InChI is InChI=1S/C10H20O/c1-4-9-6-11-7-10(9)5-8(2)3/h8-10H,4-7H2,1-3H3. The minimum atomic E-state index is 0.829. The zero-order chi connectivity index (χ0) is 8.27. The van der Waals surface area contributed by atoms with Crippen LogP contribution in [0.1, 0.15) is 33.6 Å². The van der Waals surface area contributed by atoms with E-state index in [2.05, 4.69) is 20.8 Å². The molecule has 0 aromatic rings. The highest BCUT2D eigenvalue weighted by Crippen LogP contribution is 2.28. The van der Waals surface area contributed by atoms with Gasteiger partial charge in [0, 0.05) is 13.2 Å². The Hall–Kier alpha value is -0.0400. The fraction of sp³-hybridized carbons (Fsp3) is 1.00. The molecule has 1 heteroatoms. The molecule has 0 aromatic heterocycles. The van der Waals surface area contributed by atoms with E-state index in [9.17, 15) is 0 Å². The number of hydrogen-bond acceptors (Lipinski definition) is 1. The molecule has 1 aliphatic heterocycles. The summed E-state index contributed by atoms with van der Waals surface area (Å²) >= 11 is 0. The first-order chi connectivity index (χ1) is 5.24. The summed E-state index contributed by atoms with van der Waals surface area (Å²) in [6.45, 7) is 8.88. The zero-order valence-electron chi connectivity index (χ0n) is 7.97. The fourth-order valence-electron chi connectivity index (χ4n) is 1.96. The van der Waals surface area contributed by atoms with Crippen molar-refractivity contribution in [2.45, 2.75) is 33.6 Å². The molecule has 0 aromatic carbocycles. The Morgan fingerprint density at radius 2 is 1.91 bits per heavy atom. The van der Waals surface area contributed by atoms with E-state index in [0.29, 0.717) is 0 Å². The Bertz CT molecular complexity index is 109. The lowest BCUT2D eigenvalue weighted by Crippen LogP contribution is -2.13. The van der Waals surface area contributed by atoms with E-state index in [4.69, 9.17) is 4.74 Å². The second kappa shape index (κ2) is 4.10. The van der Waals surface area contributed by atoms with Gasteiger partial charge in [-0.15, -0.1) is 0 Å². The SMILES string of the molecule is CCC1COCC1CC(C)C. The van der Waals surface area contributed by atoms with E-state index in [-0.39, 0.29) is 0 Å². The molecular formula is C10H20O. The van der Waals surface area contributed by atoms with Gasteiger partial charge >= 0.3 is 0 Å². The van der Waals surface area contributed by atoms with Crippen molar-refractivity contribution in [2.24, 2.45) is 17.8 Å². The van der Waals surface area contributed by atoms with Gasteiger partial charge in [0.1, 0.15) is 0 Å². The monoisotopic (exact) mass is 156 g/mol. The Labute approximate surface area is 70.1 Å². The largest absolute Gasteiger partial charge is 0.381 e. The van der Waals surface area contributed by atoms with Crippen LogP contribution < -0.4 is 0 Å². The maximum absolute atomic E-state index is 5.46. The average Bonchev–Trinajstić information content (AvgIpc) is 2.34. The Balaban J connectivity index is 2.31. The molecule has 0 radical (unpaired) electrons. The molecule has 1 rings (SSSR count). The van der Waals surface area contributed by atoms with Gasteiger partial charge in [-0.2, -0.15) is 0 Å². The summed E-state index contributed by atoms with van der Waals surface area (Å²) < 4.78 is 5.46. The molecule has 1 heterocycles. The van der Waals surface area contributed by atoms with Crippen LogP contribution in [0, 0.1) is 17.8 Å². The number of ether oxygens (including phenoxy) is 1. The first-order valence-corrected chi connectivity index (χ1v) is 4.81. The molecule has 66 valence electrons. The van der Waals surface area contributed by atoms with Crippen molar-refractivity contribution in [2.75, 3.05) is 13.2 Å². The van der Waals surface area contributed by atoms with Crippen molar-refractivity contribution in [3.8, 4) is 0 Å². The smallest absolute Gasteiger partial charge is 0.0498 e. The van der Waals surface area contributed by atoms with Gasteiger partial charge in [0.15, 0.2) is 0 Å². The van der Waals surface area contributed by atoms with Crippen LogP contribution in [0.4, 0.5) is 0 Å². The average molecular weight is 156 g/mol. The second-order valence-electron chi connectivity index (χ2n) is 4.10. The van der Waals surface area contributed by atoms with E-state index < -0.39 is 0 Å². The van der Waals surface area contributed by atoms with Crippen molar-refractivity contribution in [3.63, 3.8) is 0 Å². The summed E-state index contributed by atoms with van der Waals surface area (Å²) in [5, 5.41) is 0. The second-order valence-corrected chi connectivity index (χ2v) is 4.10. The highest BCUT2D eigenvalue weighted by atomic mass is 16.5. The molecule has 1 fully saturated rings. The van der Waals surface area contributed by atoms with E-state index in [1.165, 1.54) is 12.8 Å². The number of hydrogen-bond donors (Lipinski definition) is 0. The third kappa shape index (κ3) is 2.48. The van der Waals surface area contributed by atoms with Gasteiger partial charge in [-0.25, -0.2) is 0 Å². The van der Waals surface area contributed by atoms with Crippen molar-refractivity contribution >= 4 is 0 Å². The molecule has 11 heavy (non-hydrogen) atoms. The van der Waals surface area contributed by atoms with Crippen LogP contribution in [0.25, 0.3) is 0 Å². The highest BCUT2D eigenvalue weighted by Gasteiger charge is 2.26. The molecule has 0 aliphatic carbocycles. The van der Waals surface area contributed by atoms with Gasteiger partial charge in [0.25, 0.3) is 0 Å². The quantitative estimate of drug-likeness (QED) is 0.610. The van der Waals surface area contributed by atoms with Gasteiger partial charge in [-0.1, -0.05) is 27.2 Å². The van der Waals surface area contributed by atoms with Gasteiger partial charge < -0.3 is 4.74 Å². The molecule has 0 N–H and O–H groups in total. The minimum Gasteiger partial charge on any atom is -0.381 e. The van der Waals surface area contributed by atoms with Crippen LogP contribution in [0.5, 0.6) is 0 Å². The molecule has 0 amide bonds. The molecule has 1 nitrogen and oxygen atoms in total. The van der Waals surface area contributed by atoms with Crippen molar-refractivity contribution < 1.29 is 4.74 Å². The van der Waals surface area contributed by atoms with Crippen LogP contribution in [-0.2, 0) is 4.74 Å². The summed E-state index contributed by atoms with van der Waals surface area (Å²) in [4.78, 5) is 0. The molecule has 1 aliphatic rings. The first kappa shape index (κ1) is 9.05. The van der Waals surface area contributed by atoms with Crippen molar-refractivity contribution in [3.05, 3.63) is 0 Å². The first-order valence-electron chi connectivity index (χ1n) is 4.81. The Kier molecular flexibility index (Phi) is 3.38. The summed E-state index contributed by atoms with van der Waals surface area (Å²) in [6, 6.07) is 0. The van der Waals surface area contributed by atoms with Gasteiger partial charge in [-0.3, -0.25) is 0 Å². The van der Waals surface area contributed by atoms with Crippen LogP contribution in [0.15, 0.2) is 0 Å². The highest BCUT2D eigenvalue weighted by molar-refractivity contribution is 4.74. The van der Waals surface area contributed by atoms with Gasteiger partial charge in [-0.05, 0) is 24.2 Å². The fourth-order valence-corrected chi connectivity index (χ4v) is 1.96. The summed E-state index contributed by atoms with van der Waals surface area (Å²) in [5.41, 5.74) is 0. The van der Waals surface area contributed by atoms with Gasteiger partial charge in [0.2, 0.25) is 0 Å². The lowest BCUT2D eigenvalue weighted by molar-refractivity contribution is 0.177. The van der Waals surface area contributed by atoms with Crippen LogP contribution in [0.2, 0.25) is 0 Å². The maximum Gasteiger partial charge on any atom is 0.0498 e. The molecule has 1 saturated heterocycles.